The van der Waals surface area contributed by atoms with Gasteiger partial charge in [-0.25, -0.2) is 8.42 Å². The Morgan fingerprint density at radius 2 is 1.81 bits per heavy atom. The van der Waals surface area contributed by atoms with Crippen molar-refractivity contribution in [2.45, 2.75) is 19.4 Å². The zero-order valence-electron chi connectivity index (χ0n) is 14.2. The van der Waals surface area contributed by atoms with Gasteiger partial charge in [0.1, 0.15) is 0 Å². The van der Waals surface area contributed by atoms with Crippen LogP contribution >= 0.6 is 0 Å². The predicted octanol–water partition coefficient (Wildman–Crippen LogP) is 2.14. The smallest absolute Gasteiger partial charge is 0.257 e. The average molecular weight is 373 g/mol. The molecule has 1 saturated heterocycles. The van der Waals surface area contributed by atoms with Gasteiger partial charge in [0.05, 0.1) is 22.8 Å². The summed E-state index contributed by atoms with van der Waals surface area (Å²) in [5.41, 5.74) is 2.10. The average Bonchev–Trinajstić information content (AvgIpc) is 2.94. The number of benzene rings is 1. The predicted molar refractivity (Wildman–Crippen MR) is 99.3 cm³/mol. The largest absolute Gasteiger partial charge is 0.380 e. The Morgan fingerprint density at radius 3 is 2.42 bits per heavy atom. The Labute approximate surface area is 151 Å². The summed E-state index contributed by atoms with van der Waals surface area (Å²) in [6, 6.07) is 8.08. The highest BCUT2D eigenvalue weighted by Gasteiger charge is 2.27. The molecule has 1 aliphatic heterocycles. The number of carbonyl (C=O) groups excluding carboxylic acids is 2. The summed E-state index contributed by atoms with van der Waals surface area (Å²) in [6.07, 6.45) is 3.54. The first-order valence-corrected chi connectivity index (χ1v) is 9.99. The summed E-state index contributed by atoms with van der Waals surface area (Å²) in [7, 11) is -2.98. The first kappa shape index (κ1) is 18.1. The van der Waals surface area contributed by atoms with E-state index in [1.54, 1.807) is 36.5 Å². The van der Waals surface area contributed by atoms with Crippen LogP contribution < -0.4 is 10.6 Å². The lowest BCUT2D eigenvalue weighted by Gasteiger charge is -2.13. The topological polar surface area (TPSA) is 105 Å². The van der Waals surface area contributed by atoms with Crippen molar-refractivity contribution in [1.29, 1.82) is 0 Å². The highest BCUT2D eigenvalue weighted by molar-refractivity contribution is 7.91. The third kappa shape index (κ3) is 4.45. The summed E-state index contributed by atoms with van der Waals surface area (Å²) in [6.45, 7) is 1.48. The van der Waals surface area contributed by atoms with Crippen LogP contribution in [-0.2, 0) is 9.84 Å². The van der Waals surface area contributed by atoms with Gasteiger partial charge in [0.25, 0.3) is 5.91 Å². The minimum atomic E-state index is -2.98. The van der Waals surface area contributed by atoms with E-state index in [9.17, 15) is 18.0 Å². The standard InChI is InChI=1S/C18H19N3O4S/c1-12(22)13-2-4-15(5-3-13)21-18(23)14-8-17(10-19-9-14)20-16-6-7-26(24,25)11-16/h2-5,8-10,16,20H,6-7,11H2,1H3,(H,21,23). The number of nitrogens with one attached hydrogen (secondary N) is 2. The second kappa shape index (κ2) is 7.25. The number of nitrogens with zero attached hydrogens (tertiary/aromatic N) is 1. The Bertz CT molecular complexity index is 939. The summed E-state index contributed by atoms with van der Waals surface area (Å²) in [4.78, 5) is 27.7. The van der Waals surface area contributed by atoms with Crippen molar-refractivity contribution < 1.29 is 18.0 Å². The van der Waals surface area contributed by atoms with Crippen LogP contribution in [0, 0.1) is 0 Å². The number of hydrogen-bond donors (Lipinski definition) is 2. The number of carbonyl (C=O) groups is 2. The summed E-state index contributed by atoms with van der Waals surface area (Å²) in [5.74, 6) is -0.115. The van der Waals surface area contributed by atoms with Gasteiger partial charge in [-0.15, -0.1) is 0 Å². The number of rotatable bonds is 5. The van der Waals surface area contributed by atoms with Gasteiger partial charge in [-0.3, -0.25) is 14.6 Å². The zero-order valence-corrected chi connectivity index (χ0v) is 15.0. The summed E-state index contributed by atoms with van der Waals surface area (Å²) in [5, 5.41) is 5.86. The number of sulfone groups is 1. The normalized spacial score (nSPS) is 18.3. The quantitative estimate of drug-likeness (QED) is 0.778. The molecule has 2 heterocycles. The fourth-order valence-electron chi connectivity index (χ4n) is 2.78. The van der Waals surface area contributed by atoms with Crippen LogP contribution in [0.4, 0.5) is 11.4 Å². The SMILES string of the molecule is CC(=O)c1ccc(NC(=O)c2cncc(NC3CCS(=O)(=O)C3)c2)cc1. The molecule has 3 rings (SSSR count). The molecule has 0 radical (unpaired) electrons. The van der Waals surface area contributed by atoms with Crippen molar-refractivity contribution in [3.8, 4) is 0 Å². The van der Waals surface area contributed by atoms with E-state index in [0.717, 1.165) is 0 Å². The van der Waals surface area contributed by atoms with Gasteiger partial charge in [0, 0.05) is 29.7 Å². The molecule has 1 aromatic heterocycles. The van der Waals surface area contributed by atoms with Crippen molar-refractivity contribution in [2.24, 2.45) is 0 Å². The van der Waals surface area contributed by atoms with Gasteiger partial charge < -0.3 is 10.6 Å². The first-order valence-electron chi connectivity index (χ1n) is 8.17. The molecular weight excluding hydrogens is 354 g/mol. The molecule has 2 N–H and O–H groups in total. The number of amides is 1. The molecule has 1 unspecified atom stereocenters. The molecule has 7 nitrogen and oxygen atoms in total. The molecular formula is C18H19N3O4S. The molecule has 1 aliphatic rings. The summed E-state index contributed by atoms with van der Waals surface area (Å²) < 4.78 is 23.1. The monoisotopic (exact) mass is 373 g/mol. The third-order valence-electron chi connectivity index (χ3n) is 4.15. The number of ketones is 1. The van der Waals surface area contributed by atoms with E-state index >= 15 is 0 Å². The maximum absolute atomic E-state index is 12.4. The first-order chi connectivity index (χ1) is 12.3. The van der Waals surface area contributed by atoms with E-state index < -0.39 is 9.84 Å². The lowest BCUT2D eigenvalue weighted by atomic mass is 10.1. The van der Waals surface area contributed by atoms with Crippen LogP contribution in [0.5, 0.6) is 0 Å². The summed E-state index contributed by atoms with van der Waals surface area (Å²) >= 11 is 0. The van der Waals surface area contributed by atoms with E-state index in [2.05, 4.69) is 15.6 Å². The molecule has 0 aliphatic carbocycles. The molecule has 8 heteroatoms. The van der Waals surface area contributed by atoms with Crippen LogP contribution in [-0.4, -0.2) is 42.6 Å². The lowest BCUT2D eigenvalue weighted by molar-refractivity contribution is 0.101. The van der Waals surface area contributed by atoms with Crippen LogP contribution in [0.1, 0.15) is 34.1 Å². The van der Waals surface area contributed by atoms with E-state index in [-0.39, 0.29) is 29.2 Å². The molecule has 26 heavy (non-hydrogen) atoms. The minimum absolute atomic E-state index is 0.0419. The molecule has 0 spiro atoms. The second-order valence-electron chi connectivity index (χ2n) is 6.29. The van der Waals surface area contributed by atoms with Gasteiger partial charge in [-0.2, -0.15) is 0 Å². The van der Waals surface area contributed by atoms with Crippen molar-refractivity contribution in [1.82, 2.24) is 4.98 Å². The number of aromatic nitrogens is 1. The van der Waals surface area contributed by atoms with E-state index in [4.69, 9.17) is 0 Å². The molecule has 1 aromatic carbocycles. The second-order valence-corrected chi connectivity index (χ2v) is 8.52. The van der Waals surface area contributed by atoms with Crippen LogP contribution in [0.2, 0.25) is 0 Å². The number of Topliss-reactive ketones (excluding diaryl/α,β-unsaturated/α-hetero) is 1. The van der Waals surface area contributed by atoms with Crippen molar-refractivity contribution >= 4 is 32.9 Å². The Morgan fingerprint density at radius 1 is 1.08 bits per heavy atom. The van der Waals surface area contributed by atoms with Crippen molar-refractivity contribution in [3.63, 3.8) is 0 Å². The number of pyridine rings is 1. The van der Waals surface area contributed by atoms with E-state index in [1.807, 2.05) is 0 Å². The maximum Gasteiger partial charge on any atom is 0.257 e. The number of anilines is 2. The Balaban J connectivity index is 1.67. The van der Waals surface area contributed by atoms with E-state index in [1.165, 1.54) is 13.1 Å². The van der Waals surface area contributed by atoms with E-state index in [0.29, 0.717) is 28.9 Å². The molecule has 136 valence electrons. The molecule has 1 fully saturated rings. The van der Waals surface area contributed by atoms with Crippen LogP contribution in [0.3, 0.4) is 0 Å². The third-order valence-corrected chi connectivity index (χ3v) is 5.92. The fourth-order valence-corrected chi connectivity index (χ4v) is 4.45. The van der Waals surface area contributed by atoms with Crippen LogP contribution in [0.15, 0.2) is 42.7 Å². The molecule has 0 saturated carbocycles. The highest BCUT2D eigenvalue weighted by atomic mass is 32.2. The molecule has 1 atom stereocenters. The van der Waals surface area contributed by atoms with Crippen LogP contribution in [0.25, 0.3) is 0 Å². The molecule has 1 amide bonds. The minimum Gasteiger partial charge on any atom is -0.380 e. The zero-order chi connectivity index (χ0) is 18.7. The van der Waals surface area contributed by atoms with Gasteiger partial charge in [0.15, 0.2) is 15.6 Å². The molecule has 0 bridgehead atoms. The Hall–Kier alpha value is -2.74. The molecule has 2 aromatic rings. The van der Waals surface area contributed by atoms with Gasteiger partial charge >= 0.3 is 0 Å². The fraction of sp³-hybridized carbons (Fsp3) is 0.278. The van der Waals surface area contributed by atoms with Crippen molar-refractivity contribution in [2.75, 3.05) is 22.1 Å². The Kier molecular flexibility index (Phi) is 5.03. The van der Waals surface area contributed by atoms with Gasteiger partial charge in [-0.1, -0.05) is 0 Å². The lowest BCUT2D eigenvalue weighted by Crippen LogP contribution is -2.21. The number of hydrogen-bond acceptors (Lipinski definition) is 6. The highest BCUT2D eigenvalue weighted by Crippen LogP contribution is 2.18. The van der Waals surface area contributed by atoms with Gasteiger partial charge in [-0.05, 0) is 43.7 Å². The maximum atomic E-state index is 12.4. The van der Waals surface area contributed by atoms with Crippen molar-refractivity contribution in [3.05, 3.63) is 53.9 Å². The van der Waals surface area contributed by atoms with Gasteiger partial charge in [0.2, 0.25) is 0 Å².